The molecule has 1 aliphatic heterocycles. The van der Waals surface area contributed by atoms with Crippen LogP contribution >= 0.6 is 0 Å². The monoisotopic (exact) mass is 155 g/mol. The van der Waals surface area contributed by atoms with Gasteiger partial charge < -0.3 is 9.64 Å². The highest BCUT2D eigenvalue weighted by atomic mass is 16.5. The zero-order chi connectivity index (χ0) is 8.43. The molecule has 0 aromatic carbocycles. The number of hydrogen-bond donors (Lipinski definition) is 0. The first kappa shape index (κ1) is 8.44. The van der Waals surface area contributed by atoms with Crippen molar-refractivity contribution in [3.8, 4) is 0 Å². The summed E-state index contributed by atoms with van der Waals surface area (Å²) in [4.78, 5) is 2.30. The minimum Gasteiger partial charge on any atom is -0.477 e. The summed E-state index contributed by atoms with van der Waals surface area (Å²) in [5.41, 5.74) is 1.27. The third kappa shape index (κ3) is 1.67. The lowest BCUT2D eigenvalue weighted by molar-refractivity contribution is 0.213. The van der Waals surface area contributed by atoms with E-state index < -0.39 is 0 Å². The van der Waals surface area contributed by atoms with Crippen LogP contribution in [0.5, 0.6) is 0 Å². The van der Waals surface area contributed by atoms with Crippen molar-refractivity contribution in [3.63, 3.8) is 0 Å². The first-order valence-electron chi connectivity index (χ1n) is 4.20. The van der Waals surface area contributed by atoms with Gasteiger partial charge in [0.1, 0.15) is 6.61 Å². The maximum absolute atomic E-state index is 5.49. The van der Waals surface area contributed by atoms with E-state index in [2.05, 4.69) is 32.6 Å². The zero-order valence-corrected chi connectivity index (χ0v) is 7.85. The smallest absolute Gasteiger partial charge is 0.188 e. The van der Waals surface area contributed by atoms with Crippen LogP contribution in [-0.2, 0) is 4.74 Å². The Morgan fingerprint density at radius 3 is 2.45 bits per heavy atom. The van der Waals surface area contributed by atoms with Gasteiger partial charge in [-0.1, -0.05) is 0 Å². The molecule has 0 saturated carbocycles. The number of hydrogen-bond acceptors (Lipinski definition) is 2. The van der Waals surface area contributed by atoms with Gasteiger partial charge in [-0.2, -0.15) is 0 Å². The summed E-state index contributed by atoms with van der Waals surface area (Å²) in [6.07, 6.45) is 0. The molecule has 1 saturated heterocycles. The summed E-state index contributed by atoms with van der Waals surface area (Å²) in [6, 6.07) is 0.558. The Kier molecular flexibility index (Phi) is 2.42. The third-order valence-electron chi connectivity index (χ3n) is 1.88. The van der Waals surface area contributed by atoms with Gasteiger partial charge in [0, 0.05) is 6.04 Å². The number of nitrogens with zero attached hydrogens (tertiary/aromatic N) is 1. The minimum atomic E-state index is 0.558. The second-order valence-electron chi connectivity index (χ2n) is 3.44. The van der Waals surface area contributed by atoms with Crippen molar-refractivity contribution in [3.05, 3.63) is 11.5 Å². The minimum absolute atomic E-state index is 0.558. The van der Waals surface area contributed by atoms with Gasteiger partial charge in [-0.3, -0.25) is 0 Å². The van der Waals surface area contributed by atoms with Crippen molar-refractivity contribution in [2.75, 3.05) is 13.2 Å². The molecule has 64 valence electrons. The molecule has 1 heterocycles. The van der Waals surface area contributed by atoms with Gasteiger partial charge in [0.25, 0.3) is 0 Å². The summed E-state index contributed by atoms with van der Waals surface area (Å²) < 4.78 is 5.49. The van der Waals surface area contributed by atoms with E-state index in [1.165, 1.54) is 5.57 Å². The third-order valence-corrected chi connectivity index (χ3v) is 1.88. The maximum Gasteiger partial charge on any atom is 0.188 e. The number of rotatable bonds is 1. The molecule has 0 bridgehead atoms. The van der Waals surface area contributed by atoms with Crippen LogP contribution in [0.3, 0.4) is 0 Å². The summed E-state index contributed by atoms with van der Waals surface area (Å²) >= 11 is 0. The molecule has 0 aliphatic carbocycles. The molecule has 0 spiro atoms. The van der Waals surface area contributed by atoms with E-state index >= 15 is 0 Å². The van der Waals surface area contributed by atoms with Crippen LogP contribution in [0, 0.1) is 0 Å². The van der Waals surface area contributed by atoms with Gasteiger partial charge in [0.05, 0.1) is 6.54 Å². The van der Waals surface area contributed by atoms with Crippen LogP contribution in [0.1, 0.15) is 27.7 Å². The van der Waals surface area contributed by atoms with Gasteiger partial charge in [0.15, 0.2) is 5.88 Å². The fourth-order valence-electron chi connectivity index (χ4n) is 1.35. The molecule has 0 amide bonds. The Bertz CT molecular complexity index is 168. The largest absolute Gasteiger partial charge is 0.477 e. The van der Waals surface area contributed by atoms with Gasteiger partial charge in [0.2, 0.25) is 0 Å². The highest BCUT2D eigenvalue weighted by Gasteiger charge is 2.21. The van der Waals surface area contributed by atoms with E-state index in [1.807, 2.05) is 0 Å². The molecule has 0 radical (unpaired) electrons. The summed E-state index contributed by atoms with van der Waals surface area (Å²) in [5.74, 6) is 1.08. The molecule has 1 fully saturated rings. The molecule has 0 N–H and O–H groups in total. The number of ether oxygens (including phenoxy) is 1. The van der Waals surface area contributed by atoms with Crippen LogP contribution in [0.15, 0.2) is 11.5 Å². The highest BCUT2D eigenvalue weighted by Crippen LogP contribution is 2.20. The lowest BCUT2D eigenvalue weighted by atomic mass is 10.3. The quantitative estimate of drug-likeness (QED) is 0.574. The van der Waals surface area contributed by atoms with Gasteiger partial charge in [-0.05, 0) is 33.3 Å². The molecular weight excluding hydrogens is 138 g/mol. The zero-order valence-electron chi connectivity index (χ0n) is 7.85. The Morgan fingerprint density at radius 2 is 2.09 bits per heavy atom. The van der Waals surface area contributed by atoms with Crippen molar-refractivity contribution >= 4 is 0 Å². The first-order valence-corrected chi connectivity index (χ1v) is 4.20. The Hall–Kier alpha value is -0.660. The van der Waals surface area contributed by atoms with E-state index in [1.54, 1.807) is 0 Å². The normalized spacial score (nSPS) is 17.5. The SMILES string of the molecule is CC(C)=C1OCCN1C(C)C. The standard InChI is InChI=1S/C9H17NO/c1-7(2)9-10(8(3)4)5-6-11-9/h8H,5-6H2,1-4H3. The van der Waals surface area contributed by atoms with Crippen molar-refractivity contribution in [2.24, 2.45) is 0 Å². The fourth-order valence-corrected chi connectivity index (χ4v) is 1.35. The Morgan fingerprint density at radius 1 is 1.45 bits per heavy atom. The average molecular weight is 155 g/mol. The van der Waals surface area contributed by atoms with Crippen LogP contribution in [0.2, 0.25) is 0 Å². The van der Waals surface area contributed by atoms with Crippen molar-refractivity contribution < 1.29 is 4.74 Å². The van der Waals surface area contributed by atoms with E-state index in [4.69, 9.17) is 4.74 Å². The summed E-state index contributed by atoms with van der Waals surface area (Å²) in [5, 5.41) is 0. The van der Waals surface area contributed by atoms with Crippen LogP contribution in [0.4, 0.5) is 0 Å². The molecule has 0 aromatic heterocycles. The second kappa shape index (κ2) is 3.16. The van der Waals surface area contributed by atoms with Crippen LogP contribution < -0.4 is 0 Å². The van der Waals surface area contributed by atoms with Crippen LogP contribution in [0.25, 0.3) is 0 Å². The van der Waals surface area contributed by atoms with Crippen LogP contribution in [-0.4, -0.2) is 24.1 Å². The second-order valence-corrected chi connectivity index (χ2v) is 3.44. The van der Waals surface area contributed by atoms with Gasteiger partial charge >= 0.3 is 0 Å². The molecular formula is C9H17NO. The molecule has 2 heteroatoms. The van der Waals surface area contributed by atoms with Crippen molar-refractivity contribution in [2.45, 2.75) is 33.7 Å². The topological polar surface area (TPSA) is 12.5 Å². The highest BCUT2D eigenvalue weighted by molar-refractivity contribution is 5.05. The average Bonchev–Trinajstić information content (AvgIpc) is 2.32. The molecule has 1 rings (SSSR count). The molecule has 2 nitrogen and oxygen atoms in total. The van der Waals surface area contributed by atoms with Gasteiger partial charge in [-0.25, -0.2) is 0 Å². The maximum atomic E-state index is 5.49. The molecule has 0 atom stereocenters. The molecule has 1 aliphatic rings. The summed E-state index contributed by atoms with van der Waals surface area (Å²) in [7, 11) is 0. The predicted molar refractivity (Wildman–Crippen MR) is 46.2 cm³/mol. The lowest BCUT2D eigenvalue weighted by Crippen LogP contribution is -2.26. The Labute approximate surface area is 68.8 Å². The predicted octanol–water partition coefficient (Wildman–Crippen LogP) is 1.98. The molecule has 11 heavy (non-hydrogen) atoms. The molecule has 0 unspecified atom stereocenters. The summed E-state index contributed by atoms with van der Waals surface area (Å²) in [6.45, 7) is 10.5. The first-order chi connectivity index (χ1) is 5.13. The van der Waals surface area contributed by atoms with E-state index in [9.17, 15) is 0 Å². The molecule has 0 aromatic rings. The fraction of sp³-hybridized carbons (Fsp3) is 0.778. The van der Waals surface area contributed by atoms with E-state index in [-0.39, 0.29) is 0 Å². The Balaban J connectivity index is 2.74. The van der Waals surface area contributed by atoms with Gasteiger partial charge in [-0.15, -0.1) is 0 Å². The lowest BCUT2D eigenvalue weighted by Gasteiger charge is -2.22. The number of allylic oxidation sites excluding steroid dienone is 1. The van der Waals surface area contributed by atoms with E-state index in [0.29, 0.717) is 6.04 Å². The van der Waals surface area contributed by atoms with E-state index in [0.717, 1.165) is 19.0 Å². The van der Waals surface area contributed by atoms with Crippen molar-refractivity contribution in [1.29, 1.82) is 0 Å². The van der Waals surface area contributed by atoms with Crippen molar-refractivity contribution in [1.82, 2.24) is 4.90 Å².